The van der Waals surface area contributed by atoms with Gasteiger partial charge in [0, 0.05) is 15.2 Å². The number of hydrogen-bond acceptors (Lipinski definition) is 3. The molecular weight excluding hydrogens is 387 g/mol. The SMILES string of the molecule is Nc1ccc(NS(=O)(=O)c2cc(Cl)ccc2Cl)c(Br)c1. The van der Waals surface area contributed by atoms with Crippen LogP contribution in [-0.2, 0) is 10.0 Å². The van der Waals surface area contributed by atoms with Crippen LogP contribution >= 0.6 is 39.1 Å². The fourth-order valence-corrected chi connectivity index (χ4v) is 3.97. The van der Waals surface area contributed by atoms with Crippen molar-refractivity contribution in [2.24, 2.45) is 0 Å². The number of sulfonamides is 1. The van der Waals surface area contributed by atoms with Gasteiger partial charge in [0.25, 0.3) is 10.0 Å². The fourth-order valence-electron chi connectivity index (χ4n) is 1.50. The van der Waals surface area contributed by atoms with E-state index in [0.29, 0.717) is 15.8 Å². The van der Waals surface area contributed by atoms with Crippen LogP contribution in [0.2, 0.25) is 10.0 Å². The molecule has 0 bridgehead atoms. The molecule has 2 rings (SSSR count). The number of hydrogen-bond donors (Lipinski definition) is 2. The zero-order valence-corrected chi connectivity index (χ0v) is 13.8. The molecule has 0 aliphatic heterocycles. The average Bonchev–Trinajstić information content (AvgIpc) is 2.35. The van der Waals surface area contributed by atoms with Crippen molar-refractivity contribution in [3.05, 3.63) is 50.9 Å². The Morgan fingerprint density at radius 2 is 1.80 bits per heavy atom. The van der Waals surface area contributed by atoms with Gasteiger partial charge in [0.2, 0.25) is 0 Å². The maximum Gasteiger partial charge on any atom is 0.263 e. The standard InChI is InChI=1S/C12H9BrCl2N2O2S/c13-9-6-8(16)2-4-11(9)17-20(18,19)12-5-7(14)1-3-10(12)15/h1-6,17H,16H2. The summed E-state index contributed by atoms with van der Waals surface area (Å²) in [6.45, 7) is 0. The molecular formula is C12H9BrCl2N2O2S. The minimum atomic E-state index is -3.84. The molecule has 8 heteroatoms. The van der Waals surface area contributed by atoms with Gasteiger partial charge in [-0.25, -0.2) is 8.42 Å². The van der Waals surface area contributed by atoms with Gasteiger partial charge in [-0.2, -0.15) is 0 Å². The molecule has 0 saturated carbocycles. The van der Waals surface area contributed by atoms with Crippen molar-refractivity contribution in [3.63, 3.8) is 0 Å². The Kier molecular flexibility index (Phi) is 4.49. The molecule has 0 aliphatic carbocycles. The molecule has 0 heterocycles. The highest BCUT2D eigenvalue weighted by Crippen LogP contribution is 2.30. The van der Waals surface area contributed by atoms with Crippen LogP contribution in [0.1, 0.15) is 0 Å². The lowest BCUT2D eigenvalue weighted by molar-refractivity contribution is 0.601. The lowest BCUT2D eigenvalue weighted by Gasteiger charge is -2.11. The van der Waals surface area contributed by atoms with Gasteiger partial charge in [0.05, 0.1) is 10.7 Å². The molecule has 0 aromatic heterocycles. The van der Waals surface area contributed by atoms with Crippen LogP contribution in [0.15, 0.2) is 45.8 Å². The van der Waals surface area contributed by atoms with E-state index in [2.05, 4.69) is 20.7 Å². The molecule has 2 aromatic carbocycles. The van der Waals surface area contributed by atoms with Crippen LogP contribution in [-0.4, -0.2) is 8.42 Å². The van der Waals surface area contributed by atoms with Crippen molar-refractivity contribution in [2.45, 2.75) is 4.90 Å². The lowest BCUT2D eigenvalue weighted by Crippen LogP contribution is -2.14. The monoisotopic (exact) mass is 394 g/mol. The molecule has 0 saturated heterocycles. The van der Waals surface area contributed by atoms with Crippen molar-refractivity contribution < 1.29 is 8.42 Å². The predicted molar refractivity (Wildman–Crippen MR) is 85.8 cm³/mol. The molecule has 0 atom stereocenters. The van der Waals surface area contributed by atoms with Crippen molar-refractivity contribution in [2.75, 3.05) is 10.5 Å². The highest BCUT2D eigenvalue weighted by atomic mass is 79.9. The minimum Gasteiger partial charge on any atom is -0.399 e. The van der Waals surface area contributed by atoms with Gasteiger partial charge in [-0.15, -0.1) is 0 Å². The van der Waals surface area contributed by atoms with Crippen molar-refractivity contribution in [1.82, 2.24) is 0 Å². The normalized spacial score (nSPS) is 11.3. The van der Waals surface area contributed by atoms with Crippen LogP contribution in [0.4, 0.5) is 11.4 Å². The van der Waals surface area contributed by atoms with Gasteiger partial charge in [-0.05, 0) is 52.3 Å². The third-order valence-corrected chi connectivity index (χ3v) is 5.16. The first-order chi connectivity index (χ1) is 9.29. The van der Waals surface area contributed by atoms with Crippen LogP contribution in [0.3, 0.4) is 0 Å². The van der Waals surface area contributed by atoms with E-state index in [9.17, 15) is 8.42 Å². The van der Waals surface area contributed by atoms with E-state index >= 15 is 0 Å². The number of nitrogens with one attached hydrogen (secondary N) is 1. The van der Waals surface area contributed by atoms with Gasteiger partial charge >= 0.3 is 0 Å². The summed E-state index contributed by atoms with van der Waals surface area (Å²) in [5.74, 6) is 0. The van der Waals surface area contributed by atoms with Gasteiger partial charge in [-0.3, -0.25) is 4.72 Å². The Morgan fingerprint density at radius 1 is 1.10 bits per heavy atom. The maximum atomic E-state index is 12.3. The van der Waals surface area contributed by atoms with Crippen LogP contribution in [0.25, 0.3) is 0 Å². The third-order valence-electron chi connectivity index (χ3n) is 2.42. The highest BCUT2D eigenvalue weighted by molar-refractivity contribution is 9.10. The summed E-state index contributed by atoms with van der Waals surface area (Å²) in [4.78, 5) is -0.0876. The molecule has 4 nitrogen and oxygen atoms in total. The summed E-state index contributed by atoms with van der Waals surface area (Å²) in [6, 6.07) is 8.96. The smallest absolute Gasteiger partial charge is 0.263 e. The van der Waals surface area contributed by atoms with Crippen molar-refractivity contribution >= 4 is 60.5 Å². The highest BCUT2D eigenvalue weighted by Gasteiger charge is 2.19. The summed E-state index contributed by atoms with van der Waals surface area (Å²) in [6.07, 6.45) is 0. The molecule has 0 fully saturated rings. The molecule has 3 N–H and O–H groups in total. The maximum absolute atomic E-state index is 12.3. The Hall–Kier alpha value is -0.950. The second kappa shape index (κ2) is 5.81. The van der Waals surface area contributed by atoms with Gasteiger partial charge < -0.3 is 5.73 Å². The number of halogens is 3. The van der Waals surface area contributed by atoms with E-state index < -0.39 is 10.0 Å². The molecule has 20 heavy (non-hydrogen) atoms. The largest absolute Gasteiger partial charge is 0.399 e. The summed E-state index contributed by atoms with van der Waals surface area (Å²) >= 11 is 14.9. The van der Waals surface area contributed by atoms with Gasteiger partial charge in [0.1, 0.15) is 4.90 Å². The lowest BCUT2D eigenvalue weighted by atomic mass is 10.3. The van der Waals surface area contributed by atoms with E-state index in [-0.39, 0.29) is 14.9 Å². The number of nitrogen functional groups attached to an aromatic ring is 1. The first-order valence-electron chi connectivity index (χ1n) is 5.32. The molecule has 0 aliphatic rings. The fraction of sp³-hybridized carbons (Fsp3) is 0. The molecule has 2 aromatic rings. The Balaban J connectivity index is 2.43. The Morgan fingerprint density at radius 3 is 2.45 bits per heavy atom. The van der Waals surface area contributed by atoms with Crippen LogP contribution < -0.4 is 10.5 Å². The van der Waals surface area contributed by atoms with E-state index in [1.54, 1.807) is 18.2 Å². The number of benzene rings is 2. The van der Waals surface area contributed by atoms with E-state index in [1.807, 2.05) is 0 Å². The Labute approximate surface area is 135 Å². The molecule has 0 radical (unpaired) electrons. The first-order valence-corrected chi connectivity index (χ1v) is 8.36. The van der Waals surface area contributed by atoms with E-state index in [4.69, 9.17) is 28.9 Å². The van der Waals surface area contributed by atoms with Gasteiger partial charge in [0.15, 0.2) is 0 Å². The quantitative estimate of drug-likeness (QED) is 0.767. The zero-order valence-electron chi connectivity index (χ0n) is 9.90. The third kappa shape index (κ3) is 3.38. The van der Waals surface area contributed by atoms with Crippen LogP contribution in [0, 0.1) is 0 Å². The zero-order chi connectivity index (χ0) is 14.9. The molecule has 0 unspecified atom stereocenters. The topological polar surface area (TPSA) is 72.2 Å². The van der Waals surface area contributed by atoms with Gasteiger partial charge in [-0.1, -0.05) is 23.2 Å². The summed E-state index contributed by atoms with van der Waals surface area (Å²) < 4.78 is 27.6. The van der Waals surface area contributed by atoms with E-state index in [1.165, 1.54) is 18.2 Å². The van der Waals surface area contributed by atoms with Crippen molar-refractivity contribution in [3.8, 4) is 0 Å². The first kappa shape index (κ1) is 15.4. The predicted octanol–water partition coefficient (Wildman–Crippen LogP) is 4.14. The molecule has 0 spiro atoms. The summed E-state index contributed by atoms with van der Waals surface area (Å²) in [5, 5.41) is 0.375. The number of rotatable bonds is 3. The number of anilines is 2. The Bertz CT molecular complexity index is 766. The van der Waals surface area contributed by atoms with E-state index in [0.717, 1.165) is 0 Å². The molecule has 106 valence electrons. The minimum absolute atomic E-state index is 0.0876. The molecule has 0 amide bonds. The summed E-state index contributed by atoms with van der Waals surface area (Å²) in [5.41, 5.74) is 6.47. The van der Waals surface area contributed by atoms with Crippen LogP contribution in [0.5, 0.6) is 0 Å². The average molecular weight is 396 g/mol. The second-order valence-corrected chi connectivity index (χ2v) is 7.27. The van der Waals surface area contributed by atoms with Crippen molar-refractivity contribution in [1.29, 1.82) is 0 Å². The summed E-state index contributed by atoms with van der Waals surface area (Å²) in [7, 11) is -3.84. The number of nitrogens with two attached hydrogens (primary N) is 1. The second-order valence-electron chi connectivity index (χ2n) is 3.92.